The molecule has 8 nitrogen and oxygen atoms in total. The highest BCUT2D eigenvalue weighted by Gasteiger charge is 2.42. The molecule has 0 amide bonds. The van der Waals surface area contributed by atoms with Gasteiger partial charge in [0.2, 0.25) is 0 Å². The van der Waals surface area contributed by atoms with E-state index in [2.05, 4.69) is 199 Å². The molecule has 0 radical (unpaired) electrons. The summed E-state index contributed by atoms with van der Waals surface area (Å²) in [6.45, 7) is 48.9. The van der Waals surface area contributed by atoms with E-state index in [0.29, 0.717) is 23.6 Å². The van der Waals surface area contributed by atoms with Gasteiger partial charge in [-0.25, -0.2) is 0 Å². The van der Waals surface area contributed by atoms with Gasteiger partial charge >= 0.3 is 0 Å². The van der Waals surface area contributed by atoms with Gasteiger partial charge in [0.15, 0.2) is 0 Å². The Morgan fingerprint density at radius 1 is 0.472 bits per heavy atom. The molecule has 0 bridgehead atoms. The highest BCUT2D eigenvalue weighted by atomic mass is 16.5. The number of nitrogens with zero attached hydrogens (tertiary/aromatic N) is 6. The van der Waals surface area contributed by atoms with Gasteiger partial charge < -0.3 is 14.4 Å². The summed E-state index contributed by atoms with van der Waals surface area (Å²) >= 11 is 0. The average Bonchev–Trinajstić information content (AvgIpc) is 3.30. The van der Waals surface area contributed by atoms with Crippen LogP contribution in [0.1, 0.15) is 176 Å². The zero-order chi connectivity index (χ0) is 51.7. The van der Waals surface area contributed by atoms with Crippen LogP contribution >= 0.6 is 0 Å². The Bertz CT molecular complexity index is 2130. The van der Waals surface area contributed by atoms with Crippen molar-refractivity contribution in [2.75, 3.05) is 96.6 Å². The van der Waals surface area contributed by atoms with Gasteiger partial charge in [0.1, 0.15) is 12.4 Å². The Labute approximate surface area is 440 Å². The quantitative estimate of drug-likeness (QED) is 0.118. The average molecular weight is 988 g/mol. The highest BCUT2D eigenvalue weighted by molar-refractivity contribution is 5.49. The van der Waals surface area contributed by atoms with Crippen molar-refractivity contribution in [1.29, 1.82) is 0 Å². The third kappa shape index (κ3) is 14.1. The second-order valence-electron chi connectivity index (χ2n) is 27.9. The normalized spacial score (nSPS) is 21.3. The number of benzene rings is 3. The zero-order valence-corrected chi connectivity index (χ0v) is 48.3. The summed E-state index contributed by atoms with van der Waals surface area (Å²) in [5, 5.41) is 0. The molecule has 5 aliphatic rings. The van der Waals surface area contributed by atoms with Gasteiger partial charge in [-0.1, -0.05) is 90.1 Å². The first-order valence-electron chi connectivity index (χ1n) is 28.9. The van der Waals surface area contributed by atoms with E-state index in [4.69, 9.17) is 9.47 Å². The largest absolute Gasteiger partial charge is 0.492 e. The maximum Gasteiger partial charge on any atom is 0.119 e. The predicted octanol–water partition coefficient (Wildman–Crippen LogP) is 12.4. The number of ether oxygens (including phenoxy) is 2. The molecule has 8 rings (SSSR count). The lowest BCUT2D eigenvalue weighted by molar-refractivity contribution is -0.0825. The van der Waals surface area contributed by atoms with E-state index in [1.54, 1.807) is 0 Å². The van der Waals surface area contributed by atoms with Crippen LogP contribution in [-0.2, 0) is 21.0 Å². The lowest BCUT2D eigenvalue weighted by Crippen LogP contribution is -2.66. The van der Waals surface area contributed by atoms with Crippen LogP contribution in [0.4, 0.5) is 5.69 Å². The fourth-order valence-electron chi connectivity index (χ4n) is 12.6. The third-order valence-corrected chi connectivity index (χ3v) is 18.7. The zero-order valence-electron chi connectivity index (χ0n) is 48.3. The summed E-state index contributed by atoms with van der Waals surface area (Å²) in [6.07, 6.45) is 9.83. The minimum absolute atomic E-state index is 0.0614. The van der Waals surface area contributed by atoms with Gasteiger partial charge in [-0.3, -0.25) is 24.5 Å². The first-order chi connectivity index (χ1) is 33.8. The predicted molar refractivity (Wildman–Crippen MR) is 305 cm³/mol. The van der Waals surface area contributed by atoms with Crippen molar-refractivity contribution < 1.29 is 9.47 Å². The smallest absolute Gasteiger partial charge is 0.119 e. The van der Waals surface area contributed by atoms with E-state index in [1.165, 1.54) is 106 Å². The SMILES string of the molecule is CC(C)(C)OC1CCN(CCOc2ccc(C(C)(C)CCC(C)(C)c3ccc(C4CCN(C5CN(C(C)(C)CCC(C)(C)c6ccc(N7CCN(C8CN(C(C)(C)C)C8)CC7)cc6)C5)CC4)cc3)cc2)CC1. The van der Waals surface area contributed by atoms with E-state index < -0.39 is 0 Å². The molecule has 5 saturated heterocycles. The van der Waals surface area contributed by atoms with E-state index in [-0.39, 0.29) is 27.4 Å². The minimum atomic E-state index is -0.0614. The molecule has 3 aromatic carbocycles. The number of likely N-dealkylation sites (tertiary alicyclic amines) is 4. The number of piperazine rings is 1. The van der Waals surface area contributed by atoms with Crippen molar-refractivity contribution in [2.24, 2.45) is 0 Å². The molecule has 5 aliphatic heterocycles. The van der Waals surface area contributed by atoms with Crippen LogP contribution in [-0.4, -0.2) is 151 Å². The molecular weight excluding hydrogens is 885 g/mol. The molecule has 0 aliphatic carbocycles. The molecule has 0 saturated carbocycles. The molecule has 5 heterocycles. The van der Waals surface area contributed by atoms with Crippen molar-refractivity contribution in [2.45, 2.75) is 205 Å². The molecule has 5 fully saturated rings. The Morgan fingerprint density at radius 2 is 0.931 bits per heavy atom. The van der Waals surface area contributed by atoms with Crippen LogP contribution in [0.15, 0.2) is 72.8 Å². The molecule has 0 atom stereocenters. The first-order valence-corrected chi connectivity index (χ1v) is 28.9. The van der Waals surface area contributed by atoms with Crippen molar-refractivity contribution in [3.8, 4) is 5.75 Å². The lowest BCUT2D eigenvalue weighted by Gasteiger charge is -2.54. The Morgan fingerprint density at radius 3 is 1.43 bits per heavy atom. The Balaban J connectivity index is 0.713. The van der Waals surface area contributed by atoms with Crippen LogP contribution in [0.25, 0.3) is 0 Å². The van der Waals surface area contributed by atoms with Crippen LogP contribution in [0.3, 0.4) is 0 Å². The van der Waals surface area contributed by atoms with E-state index in [0.717, 1.165) is 76.8 Å². The number of rotatable bonds is 19. The molecule has 0 spiro atoms. The Kier molecular flexibility index (Phi) is 17.1. The topological polar surface area (TPSA) is 37.9 Å². The summed E-state index contributed by atoms with van der Waals surface area (Å²) in [7, 11) is 0. The van der Waals surface area contributed by atoms with Gasteiger partial charge in [0.25, 0.3) is 0 Å². The van der Waals surface area contributed by atoms with E-state index >= 15 is 0 Å². The molecule has 3 aromatic rings. The Hall–Kier alpha value is -2.98. The second-order valence-corrected chi connectivity index (χ2v) is 27.9. The van der Waals surface area contributed by atoms with Crippen molar-refractivity contribution >= 4 is 5.69 Å². The minimum Gasteiger partial charge on any atom is -0.492 e. The molecule has 400 valence electrons. The van der Waals surface area contributed by atoms with Gasteiger partial charge in [-0.15, -0.1) is 0 Å². The van der Waals surface area contributed by atoms with Crippen LogP contribution in [0.5, 0.6) is 5.75 Å². The van der Waals surface area contributed by atoms with Gasteiger partial charge in [0.05, 0.1) is 11.7 Å². The number of hydrogen-bond donors (Lipinski definition) is 0. The summed E-state index contributed by atoms with van der Waals surface area (Å²) in [5.74, 6) is 1.64. The lowest BCUT2D eigenvalue weighted by atomic mass is 9.72. The molecule has 0 unspecified atom stereocenters. The van der Waals surface area contributed by atoms with Gasteiger partial charge in [-0.2, -0.15) is 0 Å². The fraction of sp³-hybridized carbons (Fsp3) is 0.719. The van der Waals surface area contributed by atoms with Crippen molar-refractivity contribution in [3.63, 3.8) is 0 Å². The molecule has 0 aromatic heterocycles. The molecule has 0 N–H and O–H groups in total. The molecule has 8 heteroatoms. The number of piperidine rings is 2. The van der Waals surface area contributed by atoms with Gasteiger partial charge in [-0.05, 0) is 189 Å². The number of hydrogen-bond acceptors (Lipinski definition) is 8. The third-order valence-electron chi connectivity index (χ3n) is 18.7. The van der Waals surface area contributed by atoms with Crippen molar-refractivity contribution in [1.82, 2.24) is 24.5 Å². The highest BCUT2D eigenvalue weighted by Crippen LogP contribution is 2.40. The van der Waals surface area contributed by atoms with Crippen LogP contribution < -0.4 is 9.64 Å². The molecular formula is C64H102N6O2. The summed E-state index contributed by atoms with van der Waals surface area (Å²) in [5.41, 5.74) is 8.06. The molecule has 72 heavy (non-hydrogen) atoms. The fourth-order valence-corrected chi connectivity index (χ4v) is 12.6. The van der Waals surface area contributed by atoms with E-state index in [1.807, 2.05) is 0 Å². The summed E-state index contributed by atoms with van der Waals surface area (Å²) in [4.78, 5) is 16.1. The van der Waals surface area contributed by atoms with Crippen LogP contribution in [0, 0.1) is 0 Å². The first kappa shape index (κ1) is 55.3. The van der Waals surface area contributed by atoms with Crippen LogP contribution in [0.2, 0.25) is 0 Å². The standard InChI is InChI=1S/C64H102N6O2/c1-59(2,3)69-45-55(46-69)68-41-39-67(40-42-68)54-23-19-52(20-24-54)63(11,12)33-34-64(13,14)70-47-56(48-70)66-37-27-50(28-38-66)49-15-17-51(18-16-49)61(7,8)31-32-62(9,10)53-21-25-57(26-22-53)71-44-43-65-35-29-58(30-36-65)72-60(4,5)6/h15-26,50,55-56,58H,27-48H2,1-14H3. The number of anilines is 1. The van der Waals surface area contributed by atoms with Crippen molar-refractivity contribution in [3.05, 3.63) is 95.1 Å². The van der Waals surface area contributed by atoms with Gasteiger partial charge in [0, 0.05) is 101 Å². The maximum absolute atomic E-state index is 6.22. The maximum atomic E-state index is 6.22. The second kappa shape index (κ2) is 22.3. The monoisotopic (exact) mass is 987 g/mol. The summed E-state index contributed by atoms with van der Waals surface area (Å²) < 4.78 is 12.4. The van der Waals surface area contributed by atoms with E-state index in [9.17, 15) is 0 Å². The summed E-state index contributed by atoms with van der Waals surface area (Å²) in [6, 6.07) is 29.9.